The molecule has 2 bridgehead atoms. The van der Waals surface area contributed by atoms with Gasteiger partial charge in [-0.15, -0.1) is 0 Å². The van der Waals surface area contributed by atoms with E-state index in [4.69, 9.17) is 0 Å². The highest BCUT2D eigenvalue weighted by Crippen LogP contribution is 2.58. The number of ketones is 1. The summed E-state index contributed by atoms with van der Waals surface area (Å²) in [4.78, 5) is 76.9. The number of hydrogen-bond acceptors (Lipinski definition) is 7. The maximum atomic E-state index is 12.9. The molecule has 0 spiro atoms. The van der Waals surface area contributed by atoms with Crippen LogP contribution < -0.4 is 26.8 Å². The van der Waals surface area contributed by atoms with Crippen LogP contribution in [0.4, 0.5) is 5.69 Å². The van der Waals surface area contributed by atoms with E-state index in [1.54, 1.807) is 13.5 Å². The topological polar surface area (TPSA) is 173 Å². The molecular formula is C29H41N7O6. The highest BCUT2D eigenvalue weighted by molar-refractivity contribution is 6.36. The van der Waals surface area contributed by atoms with E-state index >= 15 is 0 Å². The van der Waals surface area contributed by atoms with Gasteiger partial charge in [0.05, 0.1) is 0 Å². The predicted octanol–water partition coefficient (Wildman–Crippen LogP) is 0.993. The van der Waals surface area contributed by atoms with Crippen LogP contribution in [-0.2, 0) is 32.8 Å². The highest BCUT2D eigenvalue weighted by atomic mass is 16.2. The Balaban J connectivity index is 0.000000449. The summed E-state index contributed by atoms with van der Waals surface area (Å²) >= 11 is 0. The van der Waals surface area contributed by atoms with Crippen molar-refractivity contribution in [2.24, 2.45) is 24.3 Å². The first-order chi connectivity index (χ1) is 19.9. The van der Waals surface area contributed by atoms with Gasteiger partial charge in [-0.2, -0.15) is 0 Å². The second-order valence-electron chi connectivity index (χ2n) is 11.3. The maximum absolute atomic E-state index is 12.9. The Kier molecular flexibility index (Phi) is 10.8. The number of carbonyl (C=O) groups excluding carboxylic acids is 5. The van der Waals surface area contributed by atoms with Gasteiger partial charge in [0.15, 0.2) is 5.82 Å². The van der Waals surface area contributed by atoms with Gasteiger partial charge >= 0.3 is 0 Å². The molecule has 2 aromatic rings. The third-order valence-corrected chi connectivity index (χ3v) is 8.44. The summed E-state index contributed by atoms with van der Waals surface area (Å²) in [5.74, 6) is -1.25. The van der Waals surface area contributed by atoms with Gasteiger partial charge in [0.25, 0.3) is 17.4 Å². The number of amides is 4. The Labute approximate surface area is 244 Å². The van der Waals surface area contributed by atoms with E-state index in [1.165, 1.54) is 68.6 Å². The lowest BCUT2D eigenvalue weighted by atomic mass is 9.49. The molecule has 0 radical (unpaired) electrons. The minimum absolute atomic E-state index is 0.0260. The molecule has 3 aliphatic carbocycles. The lowest BCUT2D eigenvalue weighted by molar-refractivity contribution is -0.137. The molecule has 2 heterocycles. The summed E-state index contributed by atoms with van der Waals surface area (Å²) in [6.45, 7) is 4.65. The van der Waals surface area contributed by atoms with Crippen LogP contribution in [0, 0.1) is 17.3 Å². The molecule has 0 saturated heterocycles. The number of anilines is 1. The van der Waals surface area contributed by atoms with Crippen LogP contribution in [0.1, 0.15) is 63.0 Å². The largest absolute Gasteiger partial charge is 0.358 e. The van der Waals surface area contributed by atoms with E-state index in [0.717, 1.165) is 21.8 Å². The van der Waals surface area contributed by atoms with Crippen LogP contribution >= 0.6 is 0 Å². The van der Waals surface area contributed by atoms with Crippen LogP contribution in [-0.4, -0.2) is 63.7 Å². The molecule has 3 atom stereocenters. The van der Waals surface area contributed by atoms with Crippen molar-refractivity contribution >= 4 is 35.1 Å². The van der Waals surface area contributed by atoms with Crippen molar-refractivity contribution < 1.29 is 24.0 Å². The molecule has 2 unspecified atom stereocenters. The number of aryl methyl sites for hydroxylation is 1. The highest BCUT2D eigenvalue weighted by Gasteiger charge is 2.49. The normalized spacial score (nSPS) is 18.7. The summed E-state index contributed by atoms with van der Waals surface area (Å²) in [7, 11) is 4.31. The average molecular weight is 584 g/mol. The van der Waals surface area contributed by atoms with Crippen molar-refractivity contribution in [1.82, 2.24) is 30.1 Å². The van der Waals surface area contributed by atoms with E-state index < -0.39 is 41.0 Å². The monoisotopic (exact) mass is 583 g/mol. The number of Topliss-reactive ketones (excluding diaryl/α,β-unsaturated/α-hetero) is 1. The number of aromatic nitrogens is 3. The minimum Gasteiger partial charge on any atom is -0.358 e. The van der Waals surface area contributed by atoms with Gasteiger partial charge in [-0.1, -0.05) is 20.3 Å². The lowest BCUT2D eigenvalue weighted by Gasteiger charge is -2.56. The first-order valence-corrected chi connectivity index (χ1v) is 14.1. The molecule has 228 valence electrons. The van der Waals surface area contributed by atoms with E-state index in [2.05, 4.69) is 40.1 Å². The minimum atomic E-state index is -1.25. The molecule has 3 aliphatic rings. The van der Waals surface area contributed by atoms with Crippen LogP contribution in [0.25, 0.3) is 0 Å². The molecule has 3 saturated carbocycles. The number of nitrogens with zero attached hydrogens (tertiary/aromatic N) is 3. The van der Waals surface area contributed by atoms with Crippen molar-refractivity contribution in [3.63, 3.8) is 0 Å². The van der Waals surface area contributed by atoms with Crippen LogP contribution in [0.5, 0.6) is 0 Å². The number of pyridine rings is 1. The summed E-state index contributed by atoms with van der Waals surface area (Å²) in [5, 5.41) is 9.48. The Morgan fingerprint density at radius 1 is 1.07 bits per heavy atom. The number of nitrogens with one attached hydrogen (secondary N) is 4. The molecule has 4 N–H and O–H groups in total. The number of likely N-dealkylation sites (N-methyl/N-ethyl adjacent to an activating group) is 2. The third-order valence-electron chi connectivity index (χ3n) is 8.44. The predicted molar refractivity (Wildman–Crippen MR) is 155 cm³/mol. The van der Waals surface area contributed by atoms with Crippen molar-refractivity contribution in [2.45, 2.75) is 65.0 Å². The van der Waals surface area contributed by atoms with Gasteiger partial charge in [0.2, 0.25) is 17.6 Å². The van der Waals surface area contributed by atoms with Gasteiger partial charge in [-0.25, -0.2) is 4.98 Å². The SMILES string of the molecule is CC1(C)C2CCC[C@H]1C2.CNC(=O)Cn1cccc(NC(=O)C(CCC(=O)C(=O)NC)NC(=O)c2nccn2C)c1=O. The zero-order valence-electron chi connectivity index (χ0n) is 24.9. The maximum Gasteiger partial charge on any atom is 0.287 e. The van der Waals surface area contributed by atoms with Crippen molar-refractivity contribution in [2.75, 3.05) is 19.4 Å². The van der Waals surface area contributed by atoms with Gasteiger partial charge < -0.3 is 30.4 Å². The van der Waals surface area contributed by atoms with Crippen molar-refractivity contribution in [3.8, 4) is 0 Å². The fourth-order valence-corrected chi connectivity index (χ4v) is 5.53. The molecule has 2 aromatic heterocycles. The summed E-state index contributed by atoms with van der Waals surface area (Å²) in [5.41, 5.74) is -0.0246. The zero-order chi connectivity index (χ0) is 31.0. The molecule has 13 heteroatoms. The second kappa shape index (κ2) is 14.1. The zero-order valence-corrected chi connectivity index (χ0v) is 24.9. The average Bonchev–Trinajstić information content (AvgIpc) is 3.42. The van der Waals surface area contributed by atoms with E-state index in [-0.39, 0.29) is 30.9 Å². The first kappa shape index (κ1) is 32.2. The molecule has 42 heavy (non-hydrogen) atoms. The number of rotatable bonds is 10. The fraction of sp³-hybridized carbons (Fsp3) is 0.552. The molecule has 0 aliphatic heterocycles. The van der Waals surface area contributed by atoms with Crippen molar-refractivity contribution in [3.05, 3.63) is 46.9 Å². The Bertz CT molecular complexity index is 1360. The summed E-state index contributed by atoms with van der Waals surface area (Å²) in [6.07, 6.45) is 9.89. The molecule has 0 aromatic carbocycles. The summed E-state index contributed by atoms with van der Waals surface area (Å²) in [6, 6.07) is 1.56. The van der Waals surface area contributed by atoms with Gasteiger partial charge in [-0.05, 0) is 55.1 Å². The smallest absolute Gasteiger partial charge is 0.287 e. The number of fused-ring (bicyclic) bond motifs is 2. The standard InChI is InChI=1S/C20H25N7O6.C9H16/c1-21-15(29)11-27-9-4-5-13(20(27)33)25-17(30)12(6-7-14(28)18(31)22-2)24-19(32)16-23-8-10-26(16)3;1-9(2)7-4-3-5-8(9)6-7/h4-5,8-10,12H,6-7,11H2,1-3H3,(H,21,29)(H,22,31)(H,24,32)(H,25,30);7-8H,3-6H2,1-2H3/t;7-,8?/m.0/s1. The van der Waals surface area contributed by atoms with Crippen molar-refractivity contribution in [1.29, 1.82) is 0 Å². The van der Waals surface area contributed by atoms with Gasteiger partial charge in [-0.3, -0.25) is 28.8 Å². The molecule has 5 rings (SSSR count). The quantitative estimate of drug-likeness (QED) is 0.302. The molecular weight excluding hydrogens is 542 g/mol. The van der Waals surface area contributed by atoms with Crippen LogP contribution in [0.15, 0.2) is 35.5 Å². The molecule has 13 nitrogen and oxygen atoms in total. The lowest BCUT2D eigenvalue weighted by Crippen LogP contribution is -2.47. The third kappa shape index (κ3) is 7.71. The molecule has 4 amide bonds. The molecule has 3 fully saturated rings. The first-order valence-electron chi connectivity index (χ1n) is 14.1. The fourth-order valence-electron chi connectivity index (χ4n) is 5.53. The van der Waals surface area contributed by atoms with Crippen LogP contribution in [0.3, 0.4) is 0 Å². The van der Waals surface area contributed by atoms with Crippen LogP contribution in [0.2, 0.25) is 0 Å². The Hall–Kier alpha value is -4.29. The van der Waals surface area contributed by atoms with E-state index in [1.807, 2.05) is 0 Å². The Morgan fingerprint density at radius 2 is 1.76 bits per heavy atom. The van der Waals surface area contributed by atoms with E-state index in [0.29, 0.717) is 0 Å². The number of hydrogen-bond donors (Lipinski definition) is 4. The van der Waals surface area contributed by atoms with Gasteiger partial charge in [0.1, 0.15) is 18.3 Å². The second-order valence-corrected chi connectivity index (χ2v) is 11.3. The number of carbonyl (C=O) groups is 5. The number of imidazole rings is 1. The van der Waals surface area contributed by atoms with Gasteiger partial charge in [0, 0.05) is 46.2 Å². The summed E-state index contributed by atoms with van der Waals surface area (Å²) < 4.78 is 2.54. The Morgan fingerprint density at radius 3 is 2.29 bits per heavy atom. The van der Waals surface area contributed by atoms with E-state index in [9.17, 15) is 28.8 Å².